The maximum Gasteiger partial charge on any atom is 1.00 e. The molecule has 1 rings (SSSR count). The molecule has 0 radical (unpaired) electrons. The summed E-state index contributed by atoms with van der Waals surface area (Å²) in [6.45, 7) is 2.17. The first-order valence-electron chi connectivity index (χ1n) is 13.3. The Morgan fingerprint density at radius 2 is 1.07 bits per heavy atom. The first kappa shape index (κ1) is 52.5. The molecule has 0 amide bonds. The van der Waals surface area contributed by atoms with Crippen LogP contribution in [0.15, 0.2) is 0 Å². The Labute approximate surface area is 332 Å². The zero-order chi connectivity index (χ0) is 33.0. The largest absolute Gasteiger partial charge is 1.00 e. The summed E-state index contributed by atoms with van der Waals surface area (Å²) in [6, 6.07) is 0. The maximum atomic E-state index is 12.6. The van der Waals surface area contributed by atoms with E-state index in [0.717, 1.165) is 19.3 Å². The van der Waals surface area contributed by atoms with E-state index in [1.54, 1.807) is 0 Å². The predicted octanol–water partition coefficient (Wildman–Crippen LogP) is -10.7. The number of carbonyl (C=O) groups excluding carboxylic acids is 2. The van der Waals surface area contributed by atoms with Crippen molar-refractivity contribution in [3.05, 3.63) is 0 Å². The number of unbranched alkanes of at least 4 members (excludes halogenated alkanes) is 4. The molecule has 1 aliphatic rings. The molecule has 19 nitrogen and oxygen atoms in total. The Hall–Kier alpha value is 2.15. The molecule has 0 aliphatic heterocycles. The molecule has 1 fully saturated rings. The van der Waals surface area contributed by atoms with Crippen LogP contribution in [0.2, 0.25) is 0 Å². The van der Waals surface area contributed by atoms with Crippen molar-refractivity contribution in [1.82, 2.24) is 0 Å². The van der Waals surface area contributed by atoms with Gasteiger partial charge in [-0.2, -0.15) is 0 Å². The minimum absolute atomic E-state index is 0. The summed E-state index contributed by atoms with van der Waals surface area (Å²) in [6.07, 6.45) is -13.0. The Bertz CT molecular complexity index is 992. The summed E-state index contributed by atoms with van der Waals surface area (Å²) >= 11 is 0. The van der Waals surface area contributed by atoms with E-state index in [1.807, 2.05) is 13.8 Å². The number of aliphatic hydroxyl groups excluding tert-OH is 3. The number of phosphoric ester groups is 3. The molecule has 1 aliphatic carbocycles. The van der Waals surface area contributed by atoms with Crippen molar-refractivity contribution in [2.75, 3.05) is 13.2 Å². The van der Waals surface area contributed by atoms with Crippen molar-refractivity contribution in [2.45, 2.75) is 108 Å². The summed E-state index contributed by atoms with van der Waals surface area (Å²) in [5, 5.41) is 31.0. The van der Waals surface area contributed by atoms with Crippen molar-refractivity contribution in [3.63, 3.8) is 0 Å². The quantitative estimate of drug-likeness (QED) is 0.0333. The molecule has 25 heteroatoms. The van der Waals surface area contributed by atoms with Crippen LogP contribution in [0.25, 0.3) is 0 Å². The van der Waals surface area contributed by atoms with Gasteiger partial charge in [0.2, 0.25) is 0 Å². The monoisotopic (exact) mass is 756 g/mol. The van der Waals surface area contributed by atoms with Crippen LogP contribution < -0.4 is 103 Å². The van der Waals surface area contributed by atoms with Crippen molar-refractivity contribution >= 4 is 35.4 Å². The zero-order valence-corrected chi connectivity index (χ0v) is 35.1. The SMILES string of the molecule is CCCCCC(=O)OC[C@H](COP(=O)([O-])OC1[C@H](O)[C@H](OP(=O)([O-])O)C(O)[C@H](OP(=O)([O-])O)[C@H]1O)OC(=O)CCCCC.[Na+].[Na+].[Na+]. The third-order valence-electron chi connectivity index (χ3n) is 5.90. The predicted molar refractivity (Wildman–Crippen MR) is 135 cm³/mol. The van der Waals surface area contributed by atoms with Crippen LogP contribution in [0.4, 0.5) is 0 Å². The Balaban J connectivity index is -0.00000616. The molecule has 10 atom stereocenters. The van der Waals surface area contributed by atoms with E-state index in [4.69, 9.17) is 19.3 Å². The summed E-state index contributed by atoms with van der Waals surface area (Å²) in [5.74, 6) is -1.43. The third-order valence-corrected chi connectivity index (χ3v) is 7.88. The van der Waals surface area contributed by atoms with Crippen molar-refractivity contribution in [1.29, 1.82) is 0 Å². The normalized spacial score (nSPS) is 27.2. The second-order valence-corrected chi connectivity index (χ2v) is 13.2. The fourth-order valence-electron chi connectivity index (χ4n) is 3.86. The van der Waals surface area contributed by atoms with Crippen LogP contribution in [0.1, 0.15) is 65.2 Å². The Morgan fingerprint density at radius 1 is 0.674 bits per heavy atom. The Kier molecular flexibility index (Phi) is 28.7. The molecule has 0 saturated heterocycles. The summed E-state index contributed by atoms with van der Waals surface area (Å²) in [5.41, 5.74) is 0. The van der Waals surface area contributed by atoms with E-state index >= 15 is 0 Å². The number of ether oxygens (including phenoxy) is 2. The van der Waals surface area contributed by atoms with Gasteiger partial charge < -0.3 is 67.4 Å². The van der Waals surface area contributed by atoms with Crippen LogP contribution in [0.5, 0.6) is 0 Å². The van der Waals surface area contributed by atoms with Crippen LogP contribution in [-0.4, -0.2) is 93.0 Å². The average Bonchev–Trinajstić information content (AvgIpc) is 2.88. The topological polar surface area (TPSA) is 311 Å². The van der Waals surface area contributed by atoms with Gasteiger partial charge in [-0.25, -0.2) is 0 Å². The molecule has 5 N–H and O–H groups in total. The van der Waals surface area contributed by atoms with E-state index in [2.05, 4.69) is 18.1 Å². The van der Waals surface area contributed by atoms with Gasteiger partial charge in [0.15, 0.2) is 6.10 Å². The second-order valence-electron chi connectivity index (χ2n) is 9.57. The number of hydrogen-bond acceptors (Lipinski definition) is 17. The average molecular weight is 756 g/mol. The van der Waals surface area contributed by atoms with Gasteiger partial charge in [0.1, 0.15) is 43.2 Å². The van der Waals surface area contributed by atoms with Gasteiger partial charge >= 0.3 is 101 Å². The van der Waals surface area contributed by atoms with Crippen LogP contribution in [0, 0.1) is 0 Å². The molecule has 1 saturated carbocycles. The molecule has 0 bridgehead atoms. The van der Waals surface area contributed by atoms with Crippen molar-refractivity contribution < 1.29 is 179 Å². The van der Waals surface area contributed by atoms with Gasteiger partial charge in [0.05, 0.1) is 6.61 Å². The molecular weight excluding hydrogens is 718 g/mol. The number of phosphoric acid groups is 3. The second kappa shape index (κ2) is 25.2. The van der Waals surface area contributed by atoms with E-state index in [0.29, 0.717) is 19.3 Å². The van der Waals surface area contributed by atoms with Crippen molar-refractivity contribution in [3.8, 4) is 0 Å². The van der Waals surface area contributed by atoms with E-state index < -0.39 is 91.3 Å². The molecular formula is C21H38Na3O19P3. The first-order valence-corrected chi connectivity index (χ1v) is 17.7. The smallest absolute Gasteiger partial charge is 0.756 e. The van der Waals surface area contributed by atoms with Crippen LogP contribution in [-0.2, 0) is 50.9 Å². The summed E-state index contributed by atoms with van der Waals surface area (Å²) in [4.78, 5) is 77.1. The van der Waals surface area contributed by atoms with Gasteiger partial charge in [-0.15, -0.1) is 0 Å². The molecule has 0 spiro atoms. The first-order chi connectivity index (χ1) is 19.8. The molecule has 0 heterocycles. The number of rotatable bonds is 20. The van der Waals surface area contributed by atoms with Crippen LogP contribution in [0.3, 0.4) is 0 Å². The van der Waals surface area contributed by atoms with E-state index in [-0.39, 0.29) is 102 Å². The summed E-state index contributed by atoms with van der Waals surface area (Å²) < 4.78 is 62.6. The van der Waals surface area contributed by atoms with Crippen molar-refractivity contribution in [2.24, 2.45) is 0 Å². The molecule has 0 aromatic heterocycles. The fourth-order valence-corrected chi connectivity index (χ4v) is 5.93. The number of esters is 2. The van der Waals surface area contributed by atoms with Gasteiger partial charge in [-0.05, 0) is 12.8 Å². The minimum Gasteiger partial charge on any atom is -0.756 e. The third kappa shape index (κ3) is 21.5. The van der Waals surface area contributed by atoms with Gasteiger partial charge in [0, 0.05) is 12.8 Å². The van der Waals surface area contributed by atoms with E-state index in [9.17, 15) is 53.3 Å². The molecule has 0 aromatic carbocycles. The van der Waals surface area contributed by atoms with Gasteiger partial charge in [-0.3, -0.25) is 23.3 Å². The molecule has 46 heavy (non-hydrogen) atoms. The molecule has 254 valence electrons. The minimum atomic E-state index is -5.80. The number of aliphatic hydroxyl groups is 3. The number of hydrogen-bond donors (Lipinski definition) is 5. The van der Waals surface area contributed by atoms with Crippen LogP contribution >= 0.6 is 23.5 Å². The fraction of sp³-hybridized carbons (Fsp3) is 0.905. The van der Waals surface area contributed by atoms with E-state index in [1.165, 1.54) is 0 Å². The molecule has 5 unspecified atom stereocenters. The van der Waals surface area contributed by atoms with Gasteiger partial charge in [-0.1, -0.05) is 39.5 Å². The van der Waals surface area contributed by atoms with Gasteiger partial charge in [0.25, 0.3) is 23.5 Å². The number of carbonyl (C=O) groups is 2. The summed E-state index contributed by atoms with van der Waals surface area (Å²) in [7, 11) is -17.3. The Morgan fingerprint density at radius 3 is 1.46 bits per heavy atom. The standard InChI is InChI=1S/C21H41O19P3.3Na/c1-3-5-7-9-14(22)35-11-13(37-15(23)10-8-6-4-2)12-36-43(33,34)40-21-17(25)19(38-41(27,28)29)16(24)20(18(21)26)39-42(30,31)32;;;/h13,16-21,24-26H,3-12H2,1-2H3,(H,33,34)(H2,27,28,29)(H2,30,31,32);;;/q;3*+1/p-3/t13-,16?,17-,18-,19-,20+,21?;;;/m1.../s1. The molecule has 0 aromatic rings. The zero-order valence-electron chi connectivity index (χ0n) is 26.4. The maximum absolute atomic E-state index is 12.6.